The van der Waals surface area contributed by atoms with Crippen molar-refractivity contribution in [3.8, 4) is 5.75 Å². The SMILES string of the molecule is CCC/C(F)=C(\F)c1ccc(C(=O)Oc2cc(F)c(F)c(F)c2)cc1. The molecular weight excluding hydrogens is 343 g/mol. The molecule has 0 spiro atoms. The lowest BCUT2D eigenvalue weighted by molar-refractivity contribution is 0.0733. The van der Waals surface area contributed by atoms with Crippen molar-refractivity contribution in [2.24, 2.45) is 0 Å². The number of carbonyl (C=O) groups is 1. The van der Waals surface area contributed by atoms with E-state index in [1.54, 1.807) is 6.92 Å². The molecule has 0 heterocycles. The summed E-state index contributed by atoms with van der Waals surface area (Å²) in [6, 6.07) is 5.74. The fourth-order valence-electron chi connectivity index (χ4n) is 2.00. The lowest BCUT2D eigenvalue weighted by atomic mass is 10.1. The summed E-state index contributed by atoms with van der Waals surface area (Å²) in [5.74, 6) is -8.12. The second-order valence-corrected chi connectivity index (χ2v) is 5.14. The molecule has 0 amide bonds. The van der Waals surface area contributed by atoms with Crippen LogP contribution < -0.4 is 4.74 Å². The topological polar surface area (TPSA) is 26.3 Å². The molecule has 0 aliphatic heterocycles. The van der Waals surface area contributed by atoms with Crippen molar-refractivity contribution in [1.29, 1.82) is 0 Å². The molecule has 0 atom stereocenters. The van der Waals surface area contributed by atoms with E-state index in [0.29, 0.717) is 18.6 Å². The van der Waals surface area contributed by atoms with E-state index < -0.39 is 40.8 Å². The van der Waals surface area contributed by atoms with Crippen LogP contribution in [0.15, 0.2) is 42.2 Å². The first-order chi connectivity index (χ1) is 11.8. The molecule has 0 saturated carbocycles. The summed E-state index contributed by atoms with van der Waals surface area (Å²) in [6.07, 6.45) is 0.395. The lowest BCUT2D eigenvalue weighted by Gasteiger charge is -2.06. The number of halogens is 5. The van der Waals surface area contributed by atoms with Crippen LogP contribution >= 0.6 is 0 Å². The molecule has 2 rings (SSSR count). The highest BCUT2D eigenvalue weighted by Crippen LogP contribution is 2.25. The number of hydrogen-bond donors (Lipinski definition) is 0. The number of hydrogen-bond acceptors (Lipinski definition) is 2. The highest BCUT2D eigenvalue weighted by molar-refractivity contribution is 5.91. The highest BCUT2D eigenvalue weighted by atomic mass is 19.2. The molecule has 2 aromatic carbocycles. The van der Waals surface area contributed by atoms with Gasteiger partial charge < -0.3 is 4.74 Å². The Morgan fingerprint density at radius 3 is 2.00 bits per heavy atom. The molecule has 0 N–H and O–H groups in total. The maximum absolute atomic E-state index is 13.8. The van der Waals surface area contributed by atoms with E-state index in [4.69, 9.17) is 4.74 Å². The smallest absolute Gasteiger partial charge is 0.343 e. The van der Waals surface area contributed by atoms with Gasteiger partial charge in [0.15, 0.2) is 23.3 Å². The Morgan fingerprint density at radius 2 is 1.48 bits per heavy atom. The second-order valence-electron chi connectivity index (χ2n) is 5.14. The molecule has 0 unspecified atom stereocenters. The number of allylic oxidation sites excluding steroid dienone is 1. The van der Waals surface area contributed by atoms with Gasteiger partial charge in [0.25, 0.3) is 0 Å². The first kappa shape index (κ1) is 18.6. The number of benzene rings is 2. The predicted molar refractivity (Wildman–Crippen MR) is 81.8 cm³/mol. The first-order valence-corrected chi connectivity index (χ1v) is 7.34. The van der Waals surface area contributed by atoms with E-state index in [2.05, 4.69) is 0 Å². The average molecular weight is 356 g/mol. The van der Waals surface area contributed by atoms with Gasteiger partial charge in [-0.25, -0.2) is 26.7 Å². The van der Waals surface area contributed by atoms with Gasteiger partial charge >= 0.3 is 5.97 Å². The minimum absolute atomic E-state index is 0.0443. The van der Waals surface area contributed by atoms with Gasteiger partial charge in [-0.15, -0.1) is 0 Å². The third-order valence-electron chi connectivity index (χ3n) is 3.25. The van der Waals surface area contributed by atoms with Gasteiger partial charge in [-0.1, -0.05) is 19.1 Å². The molecule has 25 heavy (non-hydrogen) atoms. The van der Waals surface area contributed by atoms with E-state index in [1.807, 2.05) is 0 Å². The Bertz CT molecular complexity index is 790. The van der Waals surface area contributed by atoms with Crippen molar-refractivity contribution in [3.05, 3.63) is 70.8 Å². The van der Waals surface area contributed by atoms with Crippen LogP contribution in [0.1, 0.15) is 35.7 Å². The van der Waals surface area contributed by atoms with Crippen LogP contribution in [0, 0.1) is 17.5 Å². The molecule has 2 aromatic rings. The zero-order valence-electron chi connectivity index (χ0n) is 13.1. The minimum Gasteiger partial charge on any atom is -0.423 e. The number of carbonyl (C=O) groups excluding carboxylic acids is 1. The summed E-state index contributed by atoms with van der Waals surface area (Å²) in [5.41, 5.74) is -0.112. The van der Waals surface area contributed by atoms with Crippen LogP contribution in [0.4, 0.5) is 22.0 Å². The molecule has 0 saturated heterocycles. The number of rotatable bonds is 5. The summed E-state index contributed by atoms with van der Waals surface area (Å²) in [7, 11) is 0. The molecule has 0 aliphatic carbocycles. The molecule has 0 aliphatic rings. The zero-order valence-corrected chi connectivity index (χ0v) is 13.1. The molecular formula is C18H13F5O2. The largest absolute Gasteiger partial charge is 0.423 e. The van der Waals surface area contributed by atoms with Gasteiger partial charge in [0, 0.05) is 24.1 Å². The van der Waals surface area contributed by atoms with Crippen molar-refractivity contribution >= 4 is 11.8 Å². The predicted octanol–water partition coefficient (Wildman–Crippen LogP) is 5.73. The van der Waals surface area contributed by atoms with Crippen LogP contribution in [-0.2, 0) is 0 Å². The van der Waals surface area contributed by atoms with Gasteiger partial charge in [0.2, 0.25) is 0 Å². The zero-order chi connectivity index (χ0) is 18.6. The van der Waals surface area contributed by atoms with E-state index >= 15 is 0 Å². The fraction of sp³-hybridized carbons (Fsp3) is 0.167. The summed E-state index contributed by atoms with van der Waals surface area (Å²) < 4.78 is 71.0. The molecule has 0 bridgehead atoms. The summed E-state index contributed by atoms with van der Waals surface area (Å²) in [6.45, 7) is 1.70. The molecule has 0 fully saturated rings. The number of esters is 1. The van der Waals surface area contributed by atoms with Crippen LogP contribution in [0.3, 0.4) is 0 Å². The molecule has 132 valence electrons. The van der Waals surface area contributed by atoms with Crippen LogP contribution in [0.25, 0.3) is 5.83 Å². The molecule has 7 heteroatoms. The van der Waals surface area contributed by atoms with Crippen molar-refractivity contribution in [2.45, 2.75) is 19.8 Å². The van der Waals surface area contributed by atoms with E-state index in [1.165, 1.54) is 24.3 Å². The van der Waals surface area contributed by atoms with Gasteiger partial charge in [-0.3, -0.25) is 0 Å². The standard InChI is InChI=1S/C18H13F5O2/c1-2-3-13(19)16(22)10-4-6-11(7-5-10)18(24)25-12-8-14(20)17(23)15(21)9-12/h4-9H,2-3H2,1H3/b16-13+. The van der Waals surface area contributed by atoms with Crippen molar-refractivity contribution in [1.82, 2.24) is 0 Å². The first-order valence-electron chi connectivity index (χ1n) is 7.34. The average Bonchev–Trinajstić information content (AvgIpc) is 2.59. The Balaban J connectivity index is 2.17. The van der Waals surface area contributed by atoms with Crippen molar-refractivity contribution in [2.75, 3.05) is 0 Å². The van der Waals surface area contributed by atoms with Crippen LogP contribution in [0.5, 0.6) is 5.75 Å². The monoisotopic (exact) mass is 356 g/mol. The molecule has 2 nitrogen and oxygen atoms in total. The Hall–Kier alpha value is -2.70. The van der Waals surface area contributed by atoms with E-state index in [0.717, 1.165) is 0 Å². The normalized spacial score (nSPS) is 11.9. The van der Waals surface area contributed by atoms with Crippen molar-refractivity contribution < 1.29 is 31.5 Å². The van der Waals surface area contributed by atoms with Gasteiger partial charge in [-0.05, 0) is 18.6 Å². The van der Waals surface area contributed by atoms with Crippen molar-refractivity contribution in [3.63, 3.8) is 0 Å². The van der Waals surface area contributed by atoms with Gasteiger partial charge in [0.05, 0.1) is 5.56 Å². The Morgan fingerprint density at radius 1 is 0.960 bits per heavy atom. The third-order valence-corrected chi connectivity index (χ3v) is 3.25. The minimum atomic E-state index is -1.68. The molecule has 0 radical (unpaired) electrons. The van der Waals surface area contributed by atoms with Crippen LogP contribution in [-0.4, -0.2) is 5.97 Å². The fourth-order valence-corrected chi connectivity index (χ4v) is 2.00. The quantitative estimate of drug-likeness (QED) is 0.296. The Kier molecular flexibility index (Phi) is 5.90. The maximum atomic E-state index is 13.8. The third kappa shape index (κ3) is 4.43. The van der Waals surface area contributed by atoms with Crippen LogP contribution in [0.2, 0.25) is 0 Å². The summed E-state index contributed by atoms with van der Waals surface area (Å²) in [5, 5.41) is 0. The van der Waals surface area contributed by atoms with E-state index in [9.17, 15) is 26.7 Å². The maximum Gasteiger partial charge on any atom is 0.343 e. The highest BCUT2D eigenvalue weighted by Gasteiger charge is 2.15. The summed E-state index contributed by atoms with van der Waals surface area (Å²) >= 11 is 0. The summed E-state index contributed by atoms with van der Waals surface area (Å²) in [4.78, 5) is 11.9. The van der Waals surface area contributed by atoms with Gasteiger partial charge in [-0.2, -0.15) is 0 Å². The number of ether oxygens (including phenoxy) is 1. The lowest BCUT2D eigenvalue weighted by Crippen LogP contribution is -2.09. The second kappa shape index (κ2) is 7.92. The van der Waals surface area contributed by atoms with E-state index in [-0.39, 0.29) is 17.5 Å². The van der Waals surface area contributed by atoms with Gasteiger partial charge in [0.1, 0.15) is 11.6 Å². The molecule has 0 aromatic heterocycles. The Labute approximate surface area is 140 Å².